The van der Waals surface area contributed by atoms with Crippen LogP contribution in [0, 0.1) is 6.92 Å². The van der Waals surface area contributed by atoms with E-state index in [4.69, 9.17) is 4.52 Å². The molecule has 1 aromatic heterocycles. The predicted molar refractivity (Wildman–Crippen MR) is 65.0 cm³/mol. The Morgan fingerprint density at radius 1 is 1.44 bits per heavy atom. The van der Waals surface area contributed by atoms with Gasteiger partial charge in [0.15, 0.2) is 0 Å². The Kier molecular flexibility index (Phi) is 3.74. The van der Waals surface area contributed by atoms with Crippen LogP contribution in [-0.2, 0) is 0 Å². The van der Waals surface area contributed by atoms with Crippen molar-refractivity contribution in [2.45, 2.75) is 13.0 Å². The molecule has 0 saturated heterocycles. The van der Waals surface area contributed by atoms with E-state index < -0.39 is 6.04 Å². The number of carbonyl (C=O) groups excluding carboxylic acids is 1. The lowest BCUT2D eigenvalue weighted by Gasteiger charge is -2.16. The number of aryl methyl sites for hydroxylation is 1. The lowest BCUT2D eigenvalue weighted by atomic mass is 10.1. The lowest BCUT2D eigenvalue weighted by molar-refractivity contribution is 0.0914. The summed E-state index contributed by atoms with van der Waals surface area (Å²) >= 11 is 0. The van der Waals surface area contributed by atoms with Crippen LogP contribution >= 0.6 is 0 Å². The van der Waals surface area contributed by atoms with Gasteiger partial charge in [-0.2, -0.15) is 0 Å². The molecular formula is C13H14N2O3. The van der Waals surface area contributed by atoms with Crippen molar-refractivity contribution in [3.05, 3.63) is 53.4 Å². The summed E-state index contributed by atoms with van der Waals surface area (Å²) in [6.45, 7) is 1.50. The molecule has 1 atom stereocenters. The van der Waals surface area contributed by atoms with Gasteiger partial charge < -0.3 is 14.9 Å². The van der Waals surface area contributed by atoms with Crippen molar-refractivity contribution in [3.63, 3.8) is 0 Å². The molecule has 2 rings (SSSR count). The summed E-state index contributed by atoms with van der Waals surface area (Å²) in [4.78, 5) is 11.9. The fourth-order valence-electron chi connectivity index (χ4n) is 1.67. The van der Waals surface area contributed by atoms with Crippen LogP contribution in [0.5, 0.6) is 0 Å². The fourth-order valence-corrected chi connectivity index (χ4v) is 1.67. The van der Waals surface area contributed by atoms with E-state index in [2.05, 4.69) is 10.5 Å². The van der Waals surface area contributed by atoms with Gasteiger partial charge in [0.25, 0.3) is 5.91 Å². The Balaban J connectivity index is 2.13. The van der Waals surface area contributed by atoms with E-state index >= 15 is 0 Å². The van der Waals surface area contributed by atoms with E-state index in [0.29, 0.717) is 11.3 Å². The molecule has 0 aliphatic carbocycles. The van der Waals surface area contributed by atoms with Crippen molar-refractivity contribution in [3.8, 4) is 0 Å². The zero-order chi connectivity index (χ0) is 13.0. The Morgan fingerprint density at radius 3 is 2.72 bits per heavy atom. The van der Waals surface area contributed by atoms with E-state index in [1.807, 2.05) is 30.3 Å². The largest absolute Gasteiger partial charge is 0.394 e. The van der Waals surface area contributed by atoms with Gasteiger partial charge in [0.05, 0.1) is 18.8 Å². The second kappa shape index (κ2) is 5.46. The first-order valence-corrected chi connectivity index (χ1v) is 5.60. The third kappa shape index (κ3) is 2.57. The zero-order valence-corrected chi connectivity index (χ0v) is 9.96. The summed E-state index contributed by atoms with van der Waals surface area (Å²) in [6.07, 6.45) is 1.37. The number of carbonyl (C=O) groups is 1. The minimum absolute atomic E-state index is 0.167. The second-order valence-electron chi connectivity index (χ2n) is 3.91. The van der Waals surface area contributed by atoms with Crippen LogP contribution in [0.15, 0.2) is 41.1 Å². The van der Waals surface area contributed by atoms with Crippen LogP contribution < -0.4 is 5.32 Å². The number of aromatic nitrogens is 1. The van der Waals surface area contributed by atoms with Crippen molar-refractivity contribution in [2.24, 2.45) is 0 Å². The maximum atomic E-state index is 11.9. The maximum Gasteiger partial charge on any atom is 0.257 e. The number of rotatable bonds is 4. The third-order valence-corrected chi connectivity index (χ3v) is 2.69. The minimum Gasteiger partial charge on any atom is -0.394 e. The number of nitrogens with zero attached hydrogens (tertiary/aromatic N) is 1. The quantitative estimate of drug-likeness (QED) is 0.856. The summed E-state index contributed by atoms with van der Waals surface area (Å²) in [5, 5.41) is 15.6. The molecule has 5 nitrogen and oxygen atoms in total. The van der Waals surface area contributed by atoms with Gasteiger partial charge >= 0.3 is 0 Å². The fraction of sp³-hybridized carbons (Fsp3) is 0.231. The molecule has 0 aliphatic heterocycles. The van der Waals surface area contributed by atoms with Gasteiger partial charge in [-0.05, 0) is 12.5 Å². The molecule has 18 heavy (non-hydrogen) atoms. The van der Waals surface area contributed by atoms with Gasteiger partial charge in [0.1, 0.15) is 11.3 Å². The van der Waals surface area contributed by atoms with E-state index in [1.165, 1.54) is 6.20 Å². The summed E-state index contributed by atoms with van der Waals surface area (Å²) in [7, 11) is 0. The molecular weight excluding hydrogens is 232 g/mol. The molecule has 0 radical (unpaired) electrons. The van der Waals surface area contributed by atoms with Gasteiger partial charge in [0, 0.05) is 0 Å². The van der Waals surface area contributed by atoms with Crippen molar-refractivity contribution >= 4 is 5.91 Å². The first kappa shape index (κ1) is 12.3. The van der Waals surface area contributed by atoms with Crippen LogP contribution in [-0.4, -0.2) is 22.8 Å². The average molecular weight is 246 g/mol. The Labute approximate surface area is 104 Å². The maximum absolute atomic E-state index is 11.9. The summed E-state index contributed by atoms with van der Waals surface area (Å²) < 4.78 is 4.83. The highest BCUT2D eigenvalue weighted by molar-refractivity contribution is 5.95. The summed E-state index contributed by atoms with van der Waals surface area (Å²) in [5.41, 5.74) is 1.23. The first-order valence-electron chi connectivity index (χ1n) is 5.60. The number of hydrogen-bond acceptors (Lipinski definition) is 4. The van der Waals surface area contributed by atoms with Crippen LogP contribution in [0.3, 0.4) is 0 Å². The van der Waals surface area contributed by atoms with Crippen molar-refractivity contribution in [1.82, 2.24) is 10.5 Å². The first-order chi connectivity index (χ1) is 8.72. The molecule has 2 N–H and O–H groups in total. The van der Waals surface area contributed by atoms with Crippen LogP contribution in [0.1, 0.15) is 27.7 Å². The minimum atomic E-state index is -0.437. The molecule has 2 aromatic rings. The number of aliphatic hydroxyl groups is 1. The lowest BCUT2D eigenvalue weighted by Crippen LogP contribution is -2.30. The molecule has 1 amide bonds. The Hall–Kier alpha value is -2.14. The van der Waals surface area contributed by atoms with Crippen LogP contribution in [0.25, 0.3) is 0 Å². The van der Waals surface area contributed by atoms with Gasteiger partial charge in [-0.15, -0.1) is 0 Å². The predicted octanol–water partition coefficient (Wildman–Crippen LogP) is 1.45. The molecule has 94 valence electrons. The highest BCUT2D eigenvalue weighted by atomic mass is 16.5. The molecule has 1 aromatic carbocycles. The van der Waals surface area contributed by atoms with Gasteiger partial charge in [-0.3, -0.25) is 4.79 Å². The van der Waals surface area contributed by atoms with Gasteiger partial charge in [0.2, 0.25) is 0 Å². The molecule has 0 bridgehead atoms. The molecule has 5 heteroatoms. The van der Waals surface area contributed by atoms with E-state index in [-0.39, 0.29) is 12.5 Å². The standard InChI is InChI=1S/C13H14N2O3/c1-9-11(7-14-18-9)13(17)15-12(8-16)10-5-3-2-4-6-10/h2-7,12,16H,8H2,1H3,(H,15,17). The number of aliphatic hydroxyl groups excluding tert-OH is 1. The summed E-state index contributed by atoms with van der Waals surface area (Å²) in [6, 6.07) is 8.85. The highest BCUT2D eigenvalue weighted by Crippen LogP contribution is 2.13. The molecule has 0 spiro atoms. The number of benzene rings is 1. The van der Waals surface area contributed by atoms with Crippen LogP contribution in [0.2, 0.25) is 0 Å². The highest BCUT2D eigenvalue weighted by Gasteiger charge is 2.18. The summed E-state index contributed by atoms with van der Waals surface area (Å²) in [5.74, 6) is 0.147. The van der Waals surface area contributed by atoms with E-state index in [9.17, 15) is 9.90 Å². The van der Waals surface area contributed by atoms with Crippen molar-refractivity contribution < 1.29 is 14.4 Å². The van der Waals surface area contributed by atoms with Gasteiger partial charge in [-0.1, -0.05) is 35.5 Å². The smallest absolute Gasteiger partial charge is 0.257 e. The second-order valence-corrected chi connectivity index (χ2v) is 3.91. The number of hydrogen-bond donors (Lipinski definition) is 2. The molecule has 1 heterocycles. The normalized spacial score (nSPS) is 12.1. The molecule has 0 aliphatic rings. The molecule has 0 fully saturated rings. The number of amides is 1. The zero-order valence-electron chi connectivity index (χ0n) is 9.96. The average Bonchev–Trinajstić information content (AvgIpc) is 2.83. The van der Waals surface area contributed by atoms with Crippen molar-refractivity contribution in [2.75, 3.05) is 6.61 Å². The Bertz CT molecular complexity index is 522. The molecule has 1 unspecified atom stereocenters. The monoisotopic (exact) mass is 246 g/mol. The SMILES string of the molecule is Cc1oncc1C(=O)NC(CO)c1ccccc1. The topological polar surface area (TPSA) is 75.4 Å². The van der Waals surface area contributed by atoms with Crippen LogP contribution in [0.4, 0.5) is 0 Å². The molecule has 0 saturated carbocycles. The van der Waals surface area contributed by atoms with E-state index in [1.54, 1.807) is 6.92 Å². The van der Waals surface area contributed by atoms with E-state index in [0.717, 1.165) is 5.56 Å². The number of nitrogens with one attached hydrogen (secondary N) is 1. The Morgan fingerprint density at radius 2 is 2.17 bits per heavy atom. The van der Waals surface area contributed by atoms with Gasteiger partial charge in [-0.25, -0.2) is 0 Å². The third-order valence-electron chi connectivity index (χ3n) is 2.69. The van der Waals surface area contributed by atoms with Crippen molar-refractivity contribution in [1.29, 1.82) is 0 Å².